The summed E-state index contributed by atoms with van der Waals surface area (Å²) in [5, 5.41) is 4.13. The van der Waals surface area contributed by atoms with Crippen LogP contribution in [0.1, 0.15) is 38.7 Å². The predicted octanol–water partition coefficient (Wildman–Crippen LogP) is 3.51. The van der Waals surface area contributed by atoms with Crippen molar-refractivity contribution in [2.45, 2.75) is 38.6 Å². The van der Waals surface area contributed by atoms with Crippen molar-refractivity contribution in [1.82, 2.24) is 5.32 Å². The average Bonchev–Trinajstić information content (AvgIpc) is 3.27. The summed E-state index contributed by atoms with van der Waals surface area (Å²) in [5.41, 5.74) is 0.243. The lowest BCUT2D eigenvalue weighted by Gasteiger charge is -2.33. The van der Waals surface area contributed by atoms with Gasteiger partial charge in [-0.05, 0) is 56.3 Å². The van der Waals surface area contributed by atoms with Crippen LogP contribution < -0.4 is 5.32 Å². The summed E-state index contributed by atoms with van der Waals surface area (Å²) in [7, 11) is 0. The van der Waals surface area contributed by atoms with Gasteiger partial charge in [-0.1, -0.05) is 30.7 Å². The first-order chi connectivity index (χ1) is 9.65. The van der Waals surface area contributed by atoms with Crippen molar-refractivity contribution >= 4 is 17.6 Å². The van der Waals surface area contributed by atoms with E-state index in [9.17, 15) is 4.79 Å². The quantitative estimate of drug-likeness (QED) is 0.782. The topological polar surface area (TPSA) is 38.3 Å². The van der Waals surface area contributed by atoms with E-state index in [0.29, 0.717) is 17.5 Å². The molecule has 1 atom stereocenters. The second kappa shape index (κ2) is 6.59. The summed E-state index contributed by atoms with van der Waals surface area (Å²) >= 11 is 5.97. The van der Waals surface area contributed by atoms with Crippen LogP contribution in [0.4, 0.5) is 0 Å². The highest BCUT2D eigenvalue weighted by atomic mass is 35.5. The van der Waals surface area contributed by atoms with E-state index in [-0.39, 0.29) is 5.97 Å². The normalized spacial score (nSPS) is 17.6. The van der Waals surface area contributed by atoms with E-state index in [0.717, 1.165) is 31.4 Å². The van der Waals surface area contributed by atoms with Crippen molar-refractivity contribution in [3.63, 3.8) is 0 Å². The van der Waals surface area contributed by atoms with E-state index in [1.807, 2.05) is 31.2 Å². The van der Waals surface area contributed by atoms with Crippen LogP contribution in [-0.2, 0) is 15.1 Å². The standard InChI is InChI=1S/C16H22ClNO2/c1-3-11-18-16(12-5-6-12,15(19)20-4-2)13-7-9-14(17)10-8-13/h7-10,12,18H,3-6,11H2,1-2H3. The molecule has 3 nitrogen and oxygen atoms in total. The highest BCUT2D eigenvalue weighted by Crippen LogP contribution is 2.46. The molecule has 2 rings (SSSR count). The molecule has 1 saturated carbocycles. The van der Waals surface area contributed by atoms with E-state index in [1.165, 1.54) is 0 Å². The maximum absolute atomic E-state index is 12.6. The van der Waals surface area contributed by atoms with E-state index in [1.54, 1.807) is 0 Å². The number of halogens is 1. The number of ether oxygens (including phenoxy) is 1. The highest BCUT2D eigenvalue weighted by molar-refractivity contribution is 6.30. The van der Waals surface area contributed by atoms with Gasteiger partial charge in [0.25, 0.3) is 0 Å². The Balaban J connectivity index is 2.39. The first-order valence-electron chi connectivity index (χ1n) is 7.33. The summed E-state index contributed by atoms with van der Waals surface area (Å²) in [5.74, 6) is 0.146. The minimum absolute atomic E-state index is 0.168. The molecule has 4 heteroatoms. The van der Waals surface area contributed by atoms with Crippen LogP contribution in [0.5, 0.6) is 0 Å². The number of benzene rings is 1. The molecule has 1 aromatic carbocycles. The molecule has 1 aromatic rings. The number of esters is 1. The van der Waals surface area contributed by atoms with Crippen molar-refractivity contribution in [3.8, 4) is 0 Å². The summed E-state index contributed by atoms with van der Waals surface area (Å²) in [6.45, 7) is 5.13. The van der Waals surface area contributed by atoms with Crippen LogP contribution >= 0.6 is 11.6 Å². The molecule has 1 N–H and O–H groups in total. The van der Waals surface area contributed by atoms with Gasteiger partial charge in [0.1, 0.15) is 5.54 Å². The maximum Gasteiger partial charge on any atom is 0.331 e. The molecule has 0 heterocycles. The molecule has 0 aromatic heterocycles. The van der Waals surface area contributed by atoms with Crippen molar-refractivity contribution in [2.75, 3.05) is 13.2 Å². The number of rotatable bonds is 7. The first-order valence-corrected chi connectivity index (χ1v) is 7.71. The van der Waals surface area contributed by atoms with Crippen LogP contribution in [0.15, 0.2) is 24.3 Å². The van der Waals surface area contributed by atoms with Gasteiger partial charge >= 0.3 is 5.97 Å². The fourth-order valence-electron chi connectivity index (χ4n) is 2.64. The third-order valence-corrected chi connectivity index (χ3v) is 3.99. The van der Waals surface area contributed by atoms with Crippen LogP contribution in [0.2, 0.25) is 5.02 Å². The Morgan fingerprint density at radius 2 is 2.00 bits per heavy atom. The lowest BCUT2D eigenvalue weighted by Crippen LogP contribution is -2.52. The second-order valence-electron chi connectivity index (χ2n) is 5.24. The van der Waals surface area contributed by atoms with Crippen molar-refractivity contribution in [3.05, 3.63) is 34.9 Å². The Kier molecular flexibility index (Phi) is 5.06. The Hall–Kier alpha value is -1.06. The molecule has 20 heavy (non-hydrogen) atoms. The molecule has 1 aliphatic rings. The minimum Gasteiger partial charge on any atom is -0.464 e. The van der Waals surface area contributed by atoms with Gasteiger partial charge in [0.2, 0.25) is 0 Å². The summed E-state index contributed by atoms with van der Waals surface area (Å²) in [6.07, 6.45) is 3.08. The minimum atomic E-state index is -0.712. The zero-order chi connectivity index (χ0) is 14.6. The zero-order valence-electron chi connectivity index (χ0n) is 12.1. The maximum atomic E-state index is 12.6. The van der Waals surface area contributed by atoms with Crippen LogP contribution in [0, 0.1) is 5.92 Å². The molecule has 1 fully saturated rings. The van der Waals surface area contributed by atoms with Gasteiger partial charge in [-0.2, -0.15) is 0 Å². The molecule has 0 saturated heterocycles. The molecule has 0 bridgehead atoms. The Morgan fingerprint density at radius 1 is 1.35 bits per heavy atom. The molecule has 0 radical (unpaired) electrons. The Labute approximate surface area is 125 Å². The lowest BCUT2D eigenvalue weighted by atomic mass is 9.84. The molecule has 110 valence electrons. The van der Waals surface area contributed by atoms with Crippen LogP contribution in [0.25, 0.3) is 0 Å². The Bertz CT molecular complexity index is 456. The van der Waals surface area contributed by atoms with Gasteiger partial charge in [-0.25, -0.2) is 4.79 Å². The van der Waals surface area contributed by atoms with Gasteiger partial charge in [-0.15, -0.1) is 0 Å². The van der Waals surface area contributed by atoms with E-state index in [4.69, 9.17) is 16.3 Å². The number of hydrogen-bond donors (Lipinski definition) is 1. The largest absolute Gasteiger partial charge is 0.464 e. The monoisotopic (exact) mass is 295 g/mol. The SMILES string of the molecule is CCCNC(C(=O)OCC)(c1ccc(Cl)cc1)C1CC1. The van der Waals surface area contributed by atoms with Crippen molar-refractivity contribution in [1.29, 1.82) is 0 Å². The molecule has 0 amide bonds. The molecule has 0 spiro atoms. The van der Waals surface area contributed by atoms with Gasteiger partial charge < -0.3 is 4.74 Å². The van der Waals surface area contributed by atoms with Crippen LogP contribution in [0.3, 0.4) is 0 Å². The molecule has 1 aliphatic carbocycles. The van der Waals surface area contributed by atoms with E-state index in [2.05, 4.69) is 12.2 Å². The van der Waals surface area contributed by atoms with Gasteiger partial charge in [0, 0.05) is 5.02 Å². The smallest absolute Gasteiger partial charge is 0.331 e. The molecule has 0 aliphatic heterocycles. The van der Waals surface area contributed by atoms with Crippen molar-refractivity contribution in [2.24, 2.45) is 5.92 Å². The van der Waals surface area contributed by atoms with Crippen LogP contribution in [-0.4, -0.2) is 19.1 Å². The third-order valence-electron chi connectivity index (χ3n) is 3.74. The molecule has 1 unspecified atom stereocenters. The average molecular weight is 296 g/mol. The van der Waals surface area contributed by atoms with E-state index < -0.39 is 5.54 Å². The molecular formula is C16H22ClNO2. The highest BCUT2D eigenvalue weighted by Gasteiger charge is 2.52. The van der Waals surface area contributed by atoms with Crippen molar-refractivity contribution < 1.29 is 9.53 Å². The zero-order valence-corrected chi connectivity index (χ0v) is 12.9. The van der Waals surface area contributed by atoms with E-state index >= 15 is 0 Å². The third kappa shape index (κ3) is 2.99. The fraction of sp³-hybridized carbons (Fsp3) is 0.562. The first kappa shape index (κ1) is 15.3. The number of carbonyl (C=O) groups excluding carboxylic acids is 1. The summed E-state index contributed by atoms with van der Waals surface area (Å²) < 4.78 is 5.36. The predicted molar refractivity (Wildman–Crippen MR) is 80.8 cm³/mol. The van der Waals surface area contributed by atoms with Gasteiger partial charge in [0.15, 0.2) is 0 Å². The number of nitrogens with one attached hydrogen (secondary N) is 1. The lowest BCUT2D eigenvalue weighted by molar-refractivity contribution is -0.153. The molecular weight excluding hydrogens is 274 g/mol. The number of carbonyl (C=O) groups is 1. The Morgan fingerprint density at radius 3 is 2.50 bits per heavy atom. The summed E-state index contributed by atoms with van der Waals surface area (Å²) in [6, 6.07) is 7.53. The number of hydrogen-bond acceptors (Lipinski definition) is 3. The summed E-state index contributed by atoms with van der Waals surface area (Å²) in [4.78, 5) is 12.6. The second-order valence-corrected chi connectivity index (χ2v) is 5.67. The van der Waals surface area contributed by atoms with Gasteiger partial charge in [0.05, 0.1) is 6.61 Å². The fourth-order valence-corrected chi connectivity index (χ4v) is 2.76. The van der Waals surface area contributed by atoms with Gasteiger partial charge in [-0.3, -0.25) is 5.32 Å².